The minimum atomic E-state index is -4.42. The molecule has 0 heterocycles. The normalized spacial score (nSPS) is 11.7. The van der Waals surface area contributed by atoms with Crippen LogP contribution in [0.5, 0.6) is 11.5 Å². The molecule has 2 aromatic carbocycles. The Bertz CT molecular complexity index is 803. The molecular weight excluding hydrogens is 361 g/mol. The third kappa shape index (κ3) is 5.06. The van der Waals surface area contributed by atoms with Gasteiger partial charge in [0.05, 0.1) is 25.3 Å². The Balaban J connectivity index is 2.10. The number of rotatable bonds is 5. The SMILES string of the molecule is COc1ccc(C(C)(C)NC(=O)Nc2ccc(C(F)(F)F)cc2)cc1OC. The number of carbonyl (C=O) groups is 1. The fraction of sp³-hybridized carbons (Fsp3) is 0.316. The van der Waals surface area contributed by atoms with Gasteiger partial charge in [-0.05, 0) is 55.8 Å². The Labute approximate surface area is 155 Å². The molecule has 0 radical (unpaired) electrons. The summed E-state index contributed by atoms with van der Waals surface area (Å²) >= 11 is 0. The number of ether oxygens (including phenoxy) is 2. The molecule has 2 amide bonds. The van der Waals surface area contributed by atoms with E-state index in [0.29, 0.717) is 11.5 Å². The van der Waals surface area contributed by atoms with Crippen molar-refractivity contribution in [1.82, 2.24) is 5.32 Å². The summed E-state index contributed by atoms with van der Waals surface area (Å²) in [5.74, 6) is 1.08. The lowest BCUT2D eigenvalue weighted by atomic mass is 9.94. The maximum Gasteiger partial charge on any atom is 0.416 e. The first-order valence-corrected chi connectivity index (χ1v) is 8.06. The lowest BCUT2D eigenvalue weighted by Gasteiger charge is -2.27. The van der Waals surface area contributed by atoms with Crippen molar-refractivity contribution < 1.29 is 27.4 Å². The molecular formula is C19H21F3N2O3. The predicted octanol–water partition coefficient (Wildman–Crippen LogP) is 4.78. The third-order valence-electron chi connectivity index (χ3n) is 4.00. The monoisotopic (exact) mass is 382 g/mol. The summed E-state index contributed by atoms with van der Waals surface area (Å²) in [5.41, 5.74) is -0.527. The number of halogens is 3. The lowest BCUT2D eigenvalue weighted by Crippen LogP contribution is -2.43. The van der Waals surface area contributed by atoms with Crippen LogP contribution in [-0.2, 0) is 11.7 Å². The van der Waals surface area contributed by atoms with Crippen molar-refractivity contribution in [3.8, 4) is 11.5 Å². The molecule has 0 fully saturated rings. The van der Waals surface area contributed by atoms with E-state index in [0.717, 1.165) is 17.7 Å². The van der Waals surface area contributed by atoms with Crippen LogP contribution in [-0.4, -0.2) is 20.3 Å². The number of amides is 2. The van der Waals surface area contributed by atoms with Gasteiger partial charge >= 0.3 is 12.2 Å². The zero-order chi connectivity index (χ0) is 20.2. The van der Waals surface area contributed by atoms with Crippen molar-refractivity contribution in [2.24, 2.45) is 0 Å². The van der Waals surface area contributed by atoms with Gasteiger partial charge in [-0.3, -0.25) is 0 Å². The van der Waals surface area contributed by atoms with Gasteiger partial charge in [0.25, 0.3) is 0 Å². The van der Waals surface area contributed by atoms with Crippen LogP contribution in [0.4, 0.5) is 23.7 Å². The summed E-state index contributed by atoms with van der Waals surface area (Å²) in [6.07, 6.45) is -4.42. The zero-order valence-electron chi connectivity index (χ0n) is 15.4. The molecule has 0 unspecified atom stereocenters. The van der Waals surface area contributed by atoms with E-state index >= 15 is 0 Å². The lowest BCUT2D eigenvalue weighted by molar-refractivity contribution is -0.137. The Kier molecular flexibility index (Phi) is 5.88. The number of anilines is 1. The van der Waals surface area contributed by atoms with Crippen LogP contribution in [0.25, 0.3) is 0 Å². The largest absolute Gasteiger partial charge is 0.493 e. The van der Waals surface area contributed by atoms with Gasteiger partial charge in [-0.1, -0.05) is 6.07 Å². The third-order valence-corrected chi connectivity index (χ3v) is 4.00. The second-order valence-corrected chi connectivity index (χ2v) is 6.35. The number of benzene rings is 2. The molecule has 2 rings (SSSR count). The van der Waals surface area contributed by atoms with E-state index in [1.54, 1.807) is 32.0 Å². The molecule has 0 bridgehead atoms. The van der Waals surface area contributed by atoms with E-state index in [1.807, 2.05) is 0 Å². The van der Waals surface area contributed by atoms with Crippen LogP contribution >= 0.6 is 0 Å². The second-order valence-electron chi connectivity index (χ2n) is 6.35. The standard InChI is InChI=1S/C19H21F3N2O3/c1-18(2,13-7-10-15(26-3)16(11-13)27-4)24-17(25)23-14-8-5-12(6-9-14)19(20,21)22/h5-11H,1-4H3,(H2,23,24,25). The van der Waals surface area contributed by atoms with Gasteiger partial charge < -0.3 is 20.1 Å². The van der Waals surface area contributed by atoms with Crippen LogP contribution in [0.2, 0.25) is 0 Å². The molecule has 8 heteroatoms. The zero-order valence-corrected chi connectivity index (χ0v) is 15.4. The number of urea groups is 1. The Hall–Kier alpha value is -2.90. The van der Waals surface area contributed by atoms with E-state index in [1.165, 1.54) is 26.4 Å². The van der Waals surface area contributed by atoms with Crippen LogP contribution < -0.4 is 20.1 Å². The molecule has 27 heavy (non-hydrogen) atoms. The first-order chi connectivity index (χ1) is 12.6. The average Bonchev–Trinajstić information content (AvgIpc) is 2.60. The summed E-state index contributed by atoms with van der Waals surface area (Å²) in [6.45, 7) is 3.58. The number of methoxy groups -OCH3 is 2. The Morgan fingerprint density at radius 1 is 0.889 bits per heavy atom. The van der Waals surface area contributed by atoms with Gasteiger partial charge in [0.15, 0.2) is 11.5 Å². The van der Waals surface area contributed by atoms with Crippen molar-refractivity contribution in [1.29, 1.82) is 0 Å². The van der Waals surface area contributed by atoms with Gasteiger partial charge in [-0.2, -0.15) is 13.2 Å². The quantitative estimate of drug-likeness (QED) is 0.782. The highest BCUT2D eigenvalue weighted by Crippen LogP contribution is 2.32. The molecule has 5 nitrogen and oxygen atoms in total. The molecule has 146 valence electrons. The molecule has 0 aliphatic carbocycles. The van der Waals surface area contributed by atoms with Crippen molar-refractivity contribution in [2.45, 2.75) is 25.6 Å². The first kappa shape index (κ1) is 20.4. The highest BCUT2D eigenvalue weighted by atomic mass is 19.4. The highest BCUT2D eigenvalue weighted by molar-refractivity contribution is 5.89. The second kappa shape index (κ2) is 7.77. The minimum absolute atomic E-state index is 0.253. The number of nitrogens with one attached hydrogen (secondary N) is 2. The summed E-state index contributed by atoms with van der Waals surface area (Å²) in [7, 11) is 3.04. The maximum atomic E-state index is 12.6. The summed E-state index contributed by atoms with van der Waals surface area (Å²) < 4.78 is 48.2. The number of carbonyl (C=O) groups excluding carboxylic acids is 1. The van der Waals surface area contributed by atoms with Gasteiger partial charge in [0.1, 0.15) is 0 Å². The van der Waals surface area contributed by atoms with E-state index < -0.39 is 23.3 Å². The number of alkyl halides is 3. The first-order valence-electron chi connectivity index (χ1n) is 8.06. The van der Waals surface area contributed by atoms with Crippen LogP contribution in [0.15, 0.2) is 42.5 Å². The highest BCUT2D eigenvalue weighted by Gasteiger charge is 2.30. The smallest absolute Gasteiger partial charge is 0.416 e. The van der Waals surface area contributed by atoms with Gasteiger partial charge in [-0.15, -0.1) is 0 Å². The Morgan fingerprint density at radius 3 is 1.96 bits per heavy atom. The van der Waals surface area contributed by atoms with Crippen molar-refractivity contribution in [3.63, 3.8) is 0 Å². The van der Waals surface area contributed by atoms with E-state index in [9.17, 15) is 18.0 Å². The van der Waals surface area contributed by atoms with Crippen molar-refractivity contribution in [3.05, 3.63) is 53.6 Å². The van der Waals surface area contributed by atoms with Gasteiger partial charge in [0, 0.05) is 5.69 Å². The fourth-order valence-electron chi connectivity index (χ4n) is 2.49. The van der Waals surface area contributed by atoms with Gasteiger partial charge in [0.2, 0.25) is 0 Å². The van der Waals surface area contributed by atoms with Crippen LogP contribution in [0.1, 0.15) is 25.0 Å². The molecule has 0 atom stereocenters. The molecule has 0 aliphatic heterocycles. The number of hydrogen-bond acceptors (Lipinski definition) is 3. The van der Waals surface area contributed by atoms with Crippen LogP contribution in [0.3, 0.4) is 0 Å². The molecule has 0 spiro atoms. The van der Waals surface area contributed by atoms with Crippen LogP contribution in [0, 0.1) is 0 Å². The maximum absolute atomic E-state index is 12.6. The molecule has 0 aromatic heterocycles. The molecule has 0 saturated heterocycles. The molecule has 0 saturated carbocycles. The summed E-state index contributed by atoms with van der Waals surface area (Å²) in [4.78, 5) is 12.3. The minimum Gasteiger partial charge on any atom is -0.493 e. The molecule has 2 N–H and O–H groups in total. The van der Waals surface area contributed by atoms with Gasteiger partial charge in [-0.25, -0.2) is 4.79 Å². The van der Waals surface area contributed by atoms with E-state index in [2.05, 4.69) is 10.6 Å². The summed E-state index contributed by atoms with van der Waals surface area (Å²) in [6, 6.07) is 8.94. The average molecular weight is 382 g/mol. The molecule has 2 aromatic rings. The van der Waals surface area contributed by atoms with E-state index in [4.69, 9.17) is 9.47 Å². The number of hydrogen-bond donors (Lipinski definition) is 2. The van der Waals surface area contributed by atoms with E-state index in [-0.39, 0.29) is 5.69 Å². The predicted molar refractivity (Wildman–Crippen MR) is 96.2 cm³/mol. The Morgan fingerprint density at radius 2 is 1.44 bits per heavy atom. The molecule has 0 aliphatic rings. The van der Waals surface area contributed by atoms with Crippen molar-refractivity contribution in [2.75, 3.05) is 19.5 Å². The topological polar surface area (TPSA) is 59.6 Å². The summed E-state index contributed by atoms with van der Waals surface area (Å²) in [5, 5.41) is 5.31. The fourth-order valence-corrected chi connectivity index (χ4v) is 2.49. The van der Waals surface area contributed by atoms with Crippen molar-refractivity contribution >= 4 is 11.7 Å².